The molecule has 7 heteroatoms. The van der Waals surface area contributed by atoms with Gasteiger partial charge in [0.05, 0.1) is 28.1 Å². The number of aryl methyl sites for hydroxylation is 2. The SMILES string of the molecule is Cc1noc(C)c1CN1CC[C@H](Nc2nc3ccccc3s2)[C@@H](O)C1. The first-order valence-electron chi connectivity index (χ1n) is 8.54. The highest BCUT2D eigenvalue weighted by Crippen LogP contribution is 2.28. The number of aliphatic hydroxyl groups is 1. The fraction of sp³-hybridized carbons (Fsp3) is 0.444. The average Bonchev–Trinajstić information content (AvgIpc) is 3.14. The van der Waals surface area contributed by atoms with Crippen LogP contribution in [0.1, 0.15) is 23.4 Å². The van der Waals surface area contributed by atoms with Gasteiger partial charge in [-0.05, 0) is 32.4 Å². The lowest BCUT2D eigenvalue weighted by Gasteiger charge is -2.36. The summed E-state index contributed by atoms with van der Waals surface area (Å²) in [5.41, 5.74) is 3.06. The number of nitrogens with zero attached hydrogens (tertiary/aromatic N) is 3. The fourth-order valence-corrected chi connectivity index (χ4v) is 4.28. The van der Waals surface area contributed by atoms with E-state index in [1.54, 1.807) is 11.3 Å². The molecule has 1 aliphatic rings. The highest BCUT2D eigenvalue weighted by molar-refractivity contribution is 7.22. The Morgan fingerprint density at radius 3 is 2.92 bits per heavy atom. The van der Waals surface area contributed by atoms with Gasteiger partial charge in [-0.1, -0.05) is 28.6 Å². The Morgan fingerprint density at radius 1 is 1.36 bits per heavy atom. The van der Waals surface area contributed by atoms with Crippen LogP contribution in [0.2, 0.25) is 0 Å². The third-order valence-corrected chi connectivity index (χ3v) is 5.80. The largest absolute Gasteiger partial charge is 0.390 e. The summed E-state index contributed by atoms with van der Waals surface area (Å²) in [5.74, 6) is 0.863. The van der Waals surface area contributed by atoms with E-state index in [0.717, 1.165) is 51.9 Å². The number of aliphatic hydroxyl groups excluding tert-OH is 1. The predicted molar refractivity (Wildman–Crippen MR) is 98.9 cm³/mol. The summed E-state index contributed by atoms with van der Waals surface area (Å²) in [5, 5.41) is 18.9. The number of rotatable bonds is 4. The number of aromatic nitrogens is 2. The lowest BCUT2D eigenvalue weighted by Crippen LogP contribution is -2.49. The lowest BCUT2D eigenvalue weighted by atomic mass is 10.0. The van der Waals surface area contributed by atoms with Crippen molar-refractivity contribution in [2.75, 3.05) is 18.4 Å². The third kappa shape index (κ3) is 3.40. The molecule has 0 bridgehead atoms. The molecule has 1 fully saturated rings. The molecule has 0 saturated carbocycles. The molecule has 3 aromatic rings. The molecule has 2 atom stereocenters. The molecule has 2 N–H and O–H groups in total. The number of piperidine rings is 1. The predicted octanol–water partition coefficient (Wildman–Crippen LogP) is 2.95. The quantitative estimate of drug-likeness (QED) is 0.747. The van der Waals surface area contributed by atoms with E-state index in [9.17, 15) is 5.11 Å². The van der Waals surface area contributed by atoms with Gasteiger partial charge < -0.3 is 14.9 Å². The van der Waals surface area contributed by atoms with Crippen molar-refractivity contribution >= 4 is 26.7 Å². The molecule has 6 nitrogen and oxygen atoms in total. The minimum atomic E-state index is -0.429. The van der Waals surface area contributed by atoms with Gasteiger partial charge in [0.2, 0.25) is 0 Å². The Bertz CT molecular complexity index is 822. The van der Waals surface area contributed by atoms with Gasteiger partial charge in [0, 0.05) is 25.2 Å². The normalized spacial score (nSPS) is 21.7. The molecule has 1 saturated heterocycles. The van der Waals surface area contributed by atoms with E-state index in [1.165, 1.54) is 0 Å². The molecule has 0 amide bonds. The number of anilines is 1. The van der Waals surface area contributed by atoms with Crippen LogP contribution in [-0.2, 0) is 6.54 Å². The number of likely N-dealkylation sites (tertiary alicyclic amines) is 1. The van der Waals surface area contributed by atoms with Crippen LogP contribution in [0.15, 0.2) is 28.8 Å². The van der Waals surface area contributed by atoms with Crippen LogP contribution in [0.4, 0.5) is 5.13 Å². The molecule has 0 spiro atoms. The van der Waals surface area contributed by atoms with Crippen molar-refractivity contribution in [1.82, 2.24) is 15.0 Å². The Hall–Kier alpha value is -1.96. The summed E-state index contributed by atoms with van der Waals surface area (Å²) in [6.45, 7) is 6.22. The Kier molecular flexibility index (Phi) is 4.45. The summed E-state index contributed by atoms with van der Waals surface area (Å²) >= 11 is 1.63. The monoisotopic (exact) mass is 358 g/mol. The van der Waals surface area contributed by atoms with E-state index < -0.39 is 6.10 Å². The van der Waals surface area contributed by atoms with E-state index in [-0.39, 0.29) is 6.04 Å². The van der Waals surface area contributed by atoms with Crippen LogP contribution in [-0.4, -0.2) is 45.4 Å². The van der Waals surface area contributed by atoms with Gasteiger partial charge in [-0.15, -0.1) is 0 Å². The van der Waals surface area contributed by atoms with Crippen LogP contribution in [0, 0.1) is 13.8 Å². The van der Waals surface area contributed by atoms with Gasteiger partial charge in [0.1, 0.15) is 5.76 Å². The van der Waals surface area contributed by atoms with Crippen molar-refractivity contribution in [3.63, 3.8) is 0 Å². The van der Waals surface area contributed by atoms with Crippen molar-refractivity contribution in [3.05, 3.63) is 41.3 Å². The number of hydrogen-bond donors (Lipinski definition) is 2. The van der Waals surface area contributed by atoms with Crippen molar-refractivity contribution in [2.45, 2.75) is 39.0 Å². The molecule has 132 valence electrons. The summed E-state index contributed by atoms with van der Waals surface area (Å²) in [6, 6.07) is 8.13. The Balaban J connectivity index is 1.39. The summed E-state index contributed by atoms with van der Waals surface area (Å²) in [6.07, 6.45) is 0.446. The van der Waals surface area contributed by atoms with Crippen molar-refractivity contribution in [2.24, 2.45) is 0 Å². The van der Waals surface area contributed by atoms with E-state index in [1.807, 2.05) is 32.0 Å². The number of benzene rings is 1. The number of hydrogen-bond acceptors (Lipinski definition) is 7. The van der Waals surface area contributed by atoms with Gasteiger partial charge in [-0.3, -0.25) is 4.90 Å². The first-order chi connectivity index (χ1) is 12.1. The number of para-hydroxylation sites is 1. The van der Waals surface area contributed by atoms with Crippen LogP contribution >= 0.6 is 11.3 Å². The zero-order valence-electron chi connectivity index (χ0n) is 14.4. The summed E-state index contributed by atoms with van der Waals surface area (Å²) in [7, 11) is 0. The Labute approximate surface area is 150 Å². The highest BCUT2D eigenvalue weighted by atomic mass is 32.1. The molecule has 0 radical (unpaired) electrons. The maximum Gasteiger partial charge on any atom is 0.184 e. The summed E-state index contributed by atoms with van der Waals surface area (Å²) in [4.78, 5) is 6.86. The van der Waals surface area contributed by atoms with Crippen LogP contribution in [0.5, 0.6) is 0 Å². The topological polar surface area (TPSA) is 74.4 Å². The third-order valence-electron chi connectivity index (χ3n) is 4.83. The zero-order valence-corrected chi connectivity index (χ0v) is 15.2. The molecular weight excluding hydrogens is 336 g/mol. The van der Waals surface area contributed by atoms with E-state index in [0.29, 0.717) is 6.54 Å². The molecule has 0 unspecified atom stereocenters. The van der Waals surface area contributed by atoms with Gasteiger partial charge in [0.15, 0.2) is 5.13 Å². The second-order valence-electron chi connectivity index (χ2n) is 6.63. The number of fused-ring (bicyclic) bond motifs is 1. The average molecular weight is 358 g/mol. The number of nitrogens with one attached hydrogen (secondary N) is 1. The van der Waals surface area contributed by atoms with E-state index >= 15 is 0 Å². The number of thiazole rings is 1. The molecule has 2 aromatic heterocycles. The standard InChI is InChI=1S/C18H22N4O2S/c1-11-13(12(2)24-21-11)9-22-8-7-14(16(23)10-22)19-18-20-15-5-3-4-6-17(15)25-18/h3-6,14,16,23H,7-10H2,1-2H3,(H,19,20)/t14-,16-/m0/s1. The molecule has 1 aliphatic heterocycles. The molecule has 0 aliphatic carbocycles. The minimum absolute atomic E-state index is 0.0291. The second kappa shape index (κ2) is 6.74. The molecule has 25 heavy (non-hydrogen) atoms. The first kappa shape index (κ1) is 16.5. The Morgan fingerprint density at radius 2 is 2.20 bits per heavy atom. The number of β-amino-alcohol motifs (C(OH)–C–C–N with tert-alkyl or cyclic N) is 1. The van der Waals surface area contributed by atoms with Crippen LogP contribution < -0.4 is 5.32 Å². The lowest BCUT2D eigenvalue weighted by molar-refractivity contribution is 0.0559. The molecule has 3 heterocycles. The van der Waals surface area contributed by atoms with E-state index in [4.69, 9.17) is 4.52 Å². The van der Waals surface area contributed by atoms with Gasteiger partial charge >= 0.3 is 0 Å². The zero-order chi connectivity index (χ0) is 17.4. The second-order valence-corrected chi connectivity index (χ2v) is 7.66. The van der Waals surface area contributed by atoms with Crippen LogP contribution in [0.3, 0.4) is 0 Å². The van der Waals surface area contributed by atoms with Crippen molar-refractivity contribution in [1.29, 1.82) is 0 Å². The fourth-order valence-electron chi connectivity index (χ4n) is 3.35. The molecule has 1 aromatic carbocycles. The van der Waals surface area contributed by atoms with Crippen LogP contribution in [0.25, 0.3) is 10.2 Å². The maximum absolute atomic E-state index is 10.6. The molecular formula is C18H22N4O2S. The first-order valence-corrected chi connectivity index (χ1v) is 9.36. The maximum atomic E-state index is 10.6. The van der Waals surface area contributed by atoms with E-state index in [2.05, 4.69) is 26.4 Å². The smallest absolute Gasteiger partial charge is 0.184 e. The van der Waals surface area contributed by atoms with Crippen molar-refractivity contribution < 1.29 is 9.63 Å². The van der Waals surface area contributed by atoms with Crippen molar-refractivity contribution in [3.8, 4) is 0 Å². The minimum Gasteiger partial charge on any atom is -0.390 e. The van der Waals surface area contributed by atoms with Gasteiger partial charge in [-0.2, -0.15) is 0 Å². The highest BCUT2D eigenvalue weighted by Gasteiger charge is 2.29. The van der Waals surface area contributed by atoms with Gasteiger partial charge in [-0.25, -0.2) is 4.98 Å². The molecule has 4 rings (SSSR count). The van der Waals surface area contributed by atoms with Gasteiger partial charge in [0.25, 0.3) is 0 Å². The summed E-state index contributed by atoms with van der Waals surface area (Å²) < 4.78 is 6.40.